The summed E-state index contributed by atoms with van der Waals surface area (Å²) in [6.45, 7) is 8.37. The molecule has 1 aliphatic heterocycles. The lowest BCUT2D eigenvalue weighted by molar-refractivity contribution is 0.143. The molecule has 0 radical (unpaired) electrons. The number of nitrogens with zero attached hydrogens (tertiary/aromatic N) is 1. The van der Waals surface area contributed by atoms with Gasteiger partial charge in [-0.05, 0) is 45.2 Å². The molecule has 0 spiro atoms. The summed E-state index contributed by atoms with van der Waals surface area (Å²) in [5, 5.41) is 0. The maximum atomic E-state index is 14.7. The van der Waals surface area contributed by atoms with E-state index in [1.165, 1.54) is 11.6 Å². The van der Waals surface area contributed by atoms with Gasteiger partial charge in [-0.2, -0.15) is 0 Å². The molecule has 0 aliphatic carbocycles. The van der Waals surface area contributed by atoms with E-state index in [1.54, 1.807) is 6.07 Å². The van der Waals surface area contributed by atoms with Gasteiger partial charge in [0.15, 0.2) is 0 Å². The lowest BCUT2D eigenvalue weighted by atomic mass is 9.81. The first-order valence-electron chi connectivity index (χ1n) is 9.51. The molecule has 0 bridgehead atoms. The predicted molar refractivity (Wildman–Crippen MR) is 110 cm³/mol. The van der Waals surface area contributed by atoms with Gasteiger partial charge in [-0.3, -0.25) is 4.90 Å². The van der Waals surface area contributed by atoms with Crippen LogP contribution in [0.5, 0.6) is 0 Å². The van der Waals surface area contributed by atoms with Crippen LogP contribution in [0.1, 0.15) is 44.7 Å². The topological polar surface area (TPSA) is 32.3 Å². The van der Waals surface area contributed by atoms with Crippen molar-refractivity contribution < 1.29 is 8.60 Å². The zero-order chi connectivity index (χ0) is 19.5. The van der Waals surface area contributed by atoms with Gasteiger partial charge in [0, 0.05) is 25.2 Å². The summed E-state index contributed by atoms with van der Waals surface area (Å²) in [5.41, 5.74) is 1.31. The summed E-state index contributed by atoms with van der Waals surface area (Å²) in [5.74, 6) is -0.229. The third-order valence-electron chi connectivity index (χ3n) is 5.19. The van der Waals surface area contributed by atoms with Gasteiger partial charge >= 0.3 is 0 Å². The molecule has 1 fully saturated rings. The highest BCUT2D eigenvalue weighted by atomic mass is 32.2. The van der Waals surface area contributed by atoms with Gasteiger partial charge in [-0.15, -0.1) is 0 Å². The van der Waals surface area contributed by atoms with Crippen molar-refractivity contribution in [2.75, 3.05) is 13.1 Å². The van der Waals surface area contributed by atoms with Crippen molar-refractivity contribution in [3.05, 3.63) is 71.5 Å². The van der Waals surface area contributed by atoms with Gasteiger partial charge < -0.3 is 0 Å². The van der Waals surface area contributed by atoms with Crippen molar-refractivity contribution >= 4 is 11.0 Å². The molecule has 2 aromatic rings. The van der Waals surface area contributed by atoms with Gasteiger partial charge in [0.25, 0.3) is 0 Å². The molecule has 1 N–H and O–H groups in total. The summed E-state index contributed by atoms with van der Waals surface area (Å²) in [4.78, 5) is 2.39. The van der Waals surface area contributed by atoms with Gasteiger partial charge in [0.2, 0.25) is 0 Å². The number of halogens is 1. The first-order chi connectivity index (χ1) is 12.8. The van der Waals surface area contributed by atoms with Gasteiger partial charge in [0.05, 0.1) is 21.3 Å². The number of likely N-dealkylation sites (tertiary alicyclic amines) is 1. The monoisotopic (exact) mass is 388 g/mol. The Balaban J connectivity index is 1.81. The molecular weight excluding hydrogens is 359 g/mol. The molecule has 27 heavy (non-hydrogen) atoms. The fraction of sp³-hybridized carbons (Fsp3) is 0.455. The SMILES string of the molecule is CC(C)(C)S(=O)NC1(c2ccccc2F)CCN(Cc2ccccc2)CC1. The molecule has 1 unspecified atom stereocenters. The number of nitrogens with one attached hydrogen (secondary N) is 1. The van der Waals surface area contributed by atoms with E-state index in [-0.39, 0.29) is 5.82 Å². The van der Waals surface area contributed by atoms with Gasteiger partial charge in [-0.25, -0.2) is 13.3 Å². The summed E-state index contributed by atoms with van der Waals surface area (Å²) < 4.78 is 30.4. The third kappa shape index (κ3) is 4.84. The molecule has 5 heteroatoms. The Kier molecular flexibility index (Phi) is 6.14. The largest absolute Gasteiger partial charge is 0.299 e. The number of hydrogen-bond acceptors (Lipinski definition) is 2. The molecule has 2 aromatic carbocycles. The van der Waals surface area contributed by atoms with Crippen molar-refractivity contribution in [1.82, 2.24) is 9.62 Å². The van der Waals surface area contributed by atoms with Gasteiger partial charge in [0.1, 0.15) is 5.82 Å². The van der Waals surface area contributed by atoms with Crippen LogP contribution in [-0.2, 0) is 23.1 Å². The summed E-state index contributed by atoms with van der Waals surface area (Å²) in [6, 6.07) is 17.3. The van der Waals surface area contributed by atoms with Crippen LogP contribution in [0.3, 0.4) is 0 Å². The van der Waals surface area contributed by atoms with E-state index in [1.807, 2.05) is 39.0 Å². The van der Waals surface area contributed by atoms with Gasteiger partial charge in [-0.1, -0.05) is 48.5 Å². The van der Waals surface area contributed by atoms with E-state index in [0.717, 1.165) is 32.5 Å². The van der Waals surface area contributed by atoms with E-state index in [9.17, 15) is 8.60 Å². The Labute approximate surface area is 164 Å². The molecular formula is C22H29FN2OS. The molecule has 0 amide bonds. The third-order valence-corrected chi connectivity index (χ3v) is 6.88. The number of rotatable bonds is 5. The van der Waals surface area contributed by atoms with Crippen LogP contribution in [0.4, 0.5) is 4.39 Å². The Hall–Kier alpha value is -1.56. The molecule has 3 rings (SSSR count). The lowest BCUT2D eigenvalue weighted by Crippen LogP contribution is -2.54. The van der Waals surface area contributed by atoms with Crippen molar-refractivity contribution in [1.29, 1.82) is 0 Å². The lowest BCUT2D eigenvalue weighted by Gasteiger charge is -2.43. The van der Waals surface area contributed by atoms with Crippen LogP contribution < -0.4 is 4.72 Å². The van der Waals surface area contributed by atoms with Crippen LogP contribution in [-0.4, -0.2) is 26.9 Å². The first kappa shape index (κ1) is 20.2. The van der Waals surface area contributed by atoms with Crippen molar-refractivity contribution in [2.24, 2.45) is 0 Å². The minimum absolute atomic E-state index is 0.229. The van der Waals surface area contributed by atoms with Crippen LogP contribution in [0, 0.1) is 5.82 Å². The molecule has 1 heterocycles. The molecule has 1 atom stereocenters. The minimum atomic E-state index is -1.27. The Morgan fingerprint density at radius 2 is 1.63 bits per heavy atom. The zero-order valence-electron chi connectivity index (χ0n) is 16.4. The van der Waals surface area contributed by atoms with E-state index in [0.29, 0.717) is 5.56 Å². The molecule has 3 nitrogen and oxygen atoms in total. The highest BCUT2D eigenvalue weighted by Gasteiger charge is 2.41. The van der Waals surface area contributed by atoms with Crippen LogP contribution >= 0.6 is 0 Å². The maximum Gasteiger partial charge on any atom is 0.128 e. The summed E-state index contributed by atoms with van der Waals surface area (Å²) in [6.07, 6.45) is 1.45. The highest BCUT2D eigenvalue weighted by Crippen LogP contribution is 2.36. The highest BCUT2D eigenvalue weighted by molar-refractivity contribution is 7.84. The zero-order valence-corrected chi connectivity index (χ0v) is 17.2. The van der Waals surface area contributed by atoms with E-state index in [2.05, 4.69) is 33.9 Å². The van der Waals surface area contributed by atoms with Crippen LogP contribution in [0.25, 0.3) is 0 Å². The molecule has 0 aromatic heterocycles. The van der Waals surface area contributed by atoms with Crippen LogP contribution in [0.15, 0.2) is 54.6 Å². The van der Waals surface area contributed by atoms with Crippen LogP contribution in [0.2, 0.25) is 0 Å². The van der Waals surface area contributed by atoms with E-state index < -0.39 is 21.3 Å². The smallest absolute Gasteiger partial charge is 0.128 e. The Bertz CT molecular complexity index is 780. The standard InChI is InChI=1S/C22H29FN2OS/c1-21(2,3)27(26)24-22(19-11-7-8-12-20(19)23)13-15-25(16-14-22)17-18-9-5-4-6-10-18/h4-12,24H,13-17H2,1-3H3. The second-order valence-electron chi connectivity index (χ2n) is 8.31. The average molecular weight is 389 g/mol. The number of hydrogen-bond donors (Lipinski definition) is 1. The summed E-state index contributed by atoms with van der Waals surface area (Å²) >= 11 is 0. The quantitative estimate of drug-likeness (QED) is 0.825. The molecule has 1 aliphatic rings. The fourth-order valence-corrected chi connectivity index (χ4v) is 4.52. The summed E-state index contributed by atoms with van der Waals surface area (Å²) in [7, 11) is -1.27. The molecule has 1 saturated heterocycles. The first-order valence-corrected chi connectivity index (χ1v) is 10.7. The fourth-order valence-electron chi connectivity index (χ4n) is 3.54. The second kappa shape index (κ2) is 8.21. The molecule has 146 valence electrons. The maximum absolute atomic E-state index is 14.7. The Morgan fingerprint density at radius 3 is 2.22 bits per heavy atom. The average Bonchev–Trinajstić information content (AvgIpc) is 2.64. The van der Waals surface area contributed by atoms with E-state index >= 15 is 0 Å². The van der Waals surface area contributed by atoms with Crippen molar-refractivity contribution in [3.63, 3.8) is 0 Å². The number of piperidine rings is 1. The normalized spacial score (nSPS) is 19.0. The Morgan fingerprint density at radius 1 is 1.04 bits per heavy atom. The molecule has 0 saturated carbocycles. The second-order valence-corrected chi connectivity index (χ2v) is 10.3. The van der Waals surface area contributed by atoms with E-state index in [4.69, 9.17) is 0 Å². The predicted octanol–water partition coefficient (Wildman–Crippen LogP) is 4.37. The van der Waals surface area contributed by atoms with Crippen molar-refractivity contribution in [2.45, 2.75) is 50.4 Å². The number of benzene rings is 2. The van der Waals surface area contributed by atoms with Crippen molar-refractivity contribution in [3.8, 4) is 0 Å². The minimum Gasteiger partial charge on any atom is -0.299 e.